The summed E-state index contributed by atoms with van der Waals surface area (Å²) in [4.78, 5) is 12.8. The van der Waals surface area contributed by atoms with E-state index in [1.807, 2.05) is 31.2 Å². The van der Waals surface area contributed by atoms with Crippen LogP contribution in [0.4, 0.5) is 5.69 Å². The Morgan fingerprint density at radius 3 is 2.45 bits per heavy atom. The van der Waals surface area contributed by atoms with E-state index in [-0.39, 0.29) is 17.6 Å². The molecule has 6 nitrogen and oxygen atoms in total. The third kappa shape index (κ3) is 5.50. The van der Waals surface area contributed by atoms with E-state index >= 15 is 0 Å². The summed E-state index contributed by atoms with van der Waals surface area (Å²) in [6, 6.07) is 12.7. The molecule has 8 heteroatoms. The summed E-state index contributed by atoms with van der Waals surface area (Å²) in [5.74, 6) is 0.815. The summed E-state index contributed by atoms with van der Waals surface area (Å²) in [6.07, 6.45) is 0.972. The average molecular weight is 437 g/mol. The molecule has 0 atom stereocenters. The Labute approximate surface area is 176 Å². The molecule has 0 radical (unpaired) electrons. The number of nitrogens with zero attached hydrogens (tertiary/aromatic N) is 1. The van der Waals surface area contributed by atoms with Gasteiger partial charge in [-0.05, 0) is 57.0 Å². The molecular weight excluding hydrogens is 412 g/mol. The van der Waals surface area contributed by atoms with E-state index in [9.17, 15) is 13.2 Å². The van der Waals surface area contributed by atoms with Gasteiger partial charge in [0.1, 0.15) is 5.75 Å². The monoisotopic (exact) mass is 436 g/mol. The molecular formula is C21H25ClN2O4S. The second kappa shape index (κ2) is 9.15. The van der Waals surface area contributed by atoms with E-state index in [0.29, 0.717) is 48.1 Å². The molecule has 1 N–H and O–H groups in total. The smallest absolute Gasteiger partial charge is 0.227 e. The van der Waals surface area contributed by atoms with E-state index in [1.165, 1.54) is 4.31 Å². The summed E-state index contributed by atoms with van der Waals surface area (Å²) in [5, 5.41) is 3.39. The van der Waals surface area contributed by atoms with Crippen molar-refractivity contribution in [3.05, 3.63) is 53.1 Å². The van der Waals surface area contributed by atoms with Gasteiger partial charge in [-0.3, -0.25) is 4.79 Å². The standard InChI is InChI=1S/C21H25ClN2O4S/c1-3-29(26,27)24-12-10-16(11-13-24)21(25)23-19-14-17(22)6-9-20(19)28-18-7-4-15(2)5-8-18/h4-9,14,16H,3,10-13H2,1-2H3,(H,23,25). The Morgan fingerprint density at radius 2 is 1.83 bits per heavy atom. The van der Waals surface area contributed by atoms with Crippen molar-refractivity contribution in [3.8, 4) is 11.5 Å². The molecule has 29 heavy (non-hydrogen) atoms. The van der Waals surface area contributed by atoms with Gasteiger partial charge in [0.05, 0.1) is 11.4 Å². The number of nitrogens with one attached hydrogen (secondary N) is 1. The van der Waals surface area contributed by atoms with Gasteiger partial charge in [0.15, 0.2) is 5.75 Å². The third-order valence-electron chi connectivity index (χ3n) is 5.03. The average Bonchev–Trinajstić information content (AvgIpc) is 2.71. The second-order valence-corrected chi connectivity index (χ2v) is 9.81. The molecule has 0 unspecified atom stereocenters. The number of anilines is 1. The highest BCUT2D eigenvalue weighted by Gasteiger charge is 2.30. The van der Waals surface area contributed by atoms with Crippen molar-refractivity contribution in [1.82, 2.24) is 4.31 Å². The highest BCUT2D eigenvalue weighted by atomic mass is 35.5. The van der Waals surface area contributed by atoms with Gasteiger partial charge in [-0.15, -0.1) is 0 Å². The lowest BCUT2D eigenvalue weighted by Gasteiger charge is -2.30. The Morgan fingerprint density at radius 1 is 1.17 bits per heavy atom. The lowest BCUT2D eigenvalue weighted by molar-refractivity contribution is -0.120. The van der Waals surface area contributed by atoms with E-state index in [4.69, 9.17) is 16.3 Å². The minimum absolute atomic E-state index is 0.0755. The fraction of sp³-hybridized carbons (Fsp3) is 0.381. The van der Waals surface area contributed by atoms with Crippen LogP contribution in [0, 0.1) is 12.8 Å². The molecule has 0 aromatic heterocycles. The molecule has 2 aromatic rings. The van der Waals surface area contributed by atoms with Crippen LogP contribution >= 0.6 is 11.6 Å². The molecule has 0 saturated carbocycles. The largest absolute Gasteiger partial charge is 0.455 e. The number of sulfonamides is 1. The van der Waals surface area contributed by atoms with Crippen LogP contribution in [0.25, 0.3) is 0 Å². The van der Waals surface area contributed by atoms with Crippen LogP contribution in [0.15, 0.2) is 42.5 Å². The van der Waals surface area contributed by atoms with Crippen molar-refractivity contribution < 1.29 is 17.9 Å². The quantitative estimate of drug-likeness (QED) is 0.726. The zero-order valence-electron chi connectivity index (χ0n) is 16.5. The van der Waals surface area contributed by atoms with Crippen LogP contribution in [-0.4, -0.2) is 37.5 Å². The zero-order valence-corrected chi connectivity index (χ0v) is 18.1. The van der Waals surface area contributed by atoms with Crippen molar-refractivity contribution in [2.24, 2.45) is 5.92 Å². The molecule has 1 heterocycles. The molecule has 1 amide bonds. The predicted octanol–water partition coefficient (Wildman–Crippen LogP) is 4.44. The first-order valence-corrected chi connectivity index (χ1v) is 11.6. The SMILES string of the molecule is CCS(=O)(=O)N1CCC(C(=O)Nc2cc(Cl)ccc2Oc2ccc(C)cc2)CC1. The van der Waals surface area contributed by atoms with Gasteiger partial charge in [0, 0.05) is 24.0 Å². The number of aryl methyl sites for hydroxylation is 1. The third-order valence-corrected chi connectivity index (χ3v) is 7.15. The highest BCUT2D eigenvalue weighted by molar-refractivity contribution is 7.89. The first kappa shape index (κ1) is 21.6. The minimum Gasteiger partial charge on any atom is -0.455 e. The van der Waals surface area contributed by atoms with Crippen molar-refractivity contribution >= 4 is 33.2 Å². The molecule has 1 aliphatic heterocycles. The van der Waals surface area contributed by atoms with E-state index < -0.39 is 10.0 Å². The Bertz CT molecular complexity index is 969. The summed E-state index contributed by atoms with van der Waals surface area (Å²) in [7, 11) is -3.22. The molecule has 2 aromatic carbocycles. The summed E-state index contributed by atoms with van der Waals surface area (Å²) < 4.78 is 31.4. The number of benzene rings is 2. The summed E-state index contributed by atoms with van der Waals surface area (Å²) in [6.45, 7) is 4.34. The molecule has 1 saturated heterocycles. The van der Waals surface area contributed by atoms with Crippen LogP contribution in [0.3, 0.4) is 0 Å². The van der Waals surface area contributed by atoms with Crippen molar-refractivity contribution in [2.75, 3.05) is 24.2 Å². The predicted molar refractivity (Wildman–Crippen MR) is 115 cm³/mol. The van der Waals surface area contributed by atoms with Gasteiger partial charge >= 0.3 is 0 Å². The van der Waals surface area contributed by atoms with Gasteiger partial charge in [-0.25, -0.2) is 12.7 Å². The minimum atomic E-state index is -3.22. The van der Waals surface area contributed by atoms with Crippen molar-refractivity contribution in [1.29, 1.82) is 0 Å². The lowest BCUT2D eigenvalue weighted by atomic mass is 9.97. The molecule has 0 aliphatic carbocycles. The van der Waals surface area contributed by atoms with Gasteiger partial charge in [0.2, 0.25) is 15.9 Å². The van der Waals surface area contributed by atoms with Crippen LogP contribution in [0.2, 0.25) is 5.02 Å². The Balaban J connectivity index is 1.69. The van der Waals surface area contributed by atoms with Crippen LogP contribution < -0.4 is 10.1 Å². The molecule has 1 aliphatic rings. The maximum Gasteiger partial charge on any atom is 0.227 e. The molecule has 0 spiro atoms. The van der Waals surface area contributed by atoms with Crippen LogP contribution in [0.1, 0.15) is 25.3 Å². The number of hydrogen-bond acceptors (Lipinski definition) is 4. The first-order valence-electron chi connectivity index (χ1n) is 9.61. The number of halogens is 1. The first-order chi connectivity index (χ1) is 13.8. The number of hydrogen-bond donors (Lipinski definition) is 1. The molecule has 0 bridgehead atoms. The fourth-order valence-corrected chi connectivity index (χ4v) is 4.54. The van der Waals surface area contributed by atoms with Crippen molar-refractivity contribution in [2.45, 2.75) is 26.7 Å². The topological polar surface area (TPSA) is 75.7 Å². The summed E-state index contributed by atoms with van der Waals surface area (Å²) >= 11 is 6.11. The number of piperidine rings is 1. The number of ether oxygens (including phenoxy) is 1. The van der Waals surface area contributed by atoms with Gasteiger partial charge in [-0.2, -0.15) is 0 Å². The van der Waals surface area contributed by atoms with E-state index in [1.54, 1.807) is 25.1 Å². The highest BCUT2D eigenvalue weighted by Crippen LogP contribution is 2.33. The summed E-state index contributed by atoms with van der Waals surface area (Å²) in [5.41, 5.74) is 1.62. The maximum atomic E-state index is 12.8. The Kier molecular flexibility index (Phi) is 6.82. The van der Waals surface area contributed by atoms with Gasteiger partial charge < -0.3 is 10.1 Å². The molecule has 1 fully saturated rings. The van der Waals surface area contributed by atoms with Crippen molar-refractivity contribution in [3.63, 3.8) is 0 Å². The lowest BCUT2D eigenvalue weighted by Crippen LogP contribution is -2.42. The number of carbonyl (C=O) groups excluding carboxylic acids is 1. The number of amides is 1. The van der Waals surface area contributed by atoms with E-state index in [0.717, 1.165) is 5.56 Å². The normalized spacial score (nSPS) is 15.8. The molecule has 156 valence electrons. The zero-order chi connectivity index (χ0) is 21.0. The van der Waals surface area contributed by atoms with Gasteiger partial charge in [-0.1, -0.05) is 29.3 Å². The maximum absolute atomic E-state index is 12.8. The van der Waals surface area contributed by atoms with Gasteiger partial charge in [0.25, 0.3) is 0 Å². The van der Waals surface area contributed by atoms with E-state index in [2.05, 4.69) is 5.32 Å². The fourth-order valence-electron chi connectivity index (χ4n) is 3.24. The Hall–Kier alpha value is -2.09. The second-order valence-electron chi connectivity index (χ2n) is 7.12. The number of carbonyl (C=O) groups is 1. The van der Waals surface area contributed by atoms with Crippen LogP contribution in [-0.2, 0) is 14.8 Å². The number of rotatable bonds is 6. The van der Waals surface area contributed by atoms with Crippen LogP contribution in [0.5, 0.6) is 11.5 Å². The molecule has 3 rings (SSSR count).